The predicted molar refractivity (Wildman–Crippen MR) is 80.6 cm³/mol. The second-order valence-electron chi connectivity index (χ2n) is 6.21. The molecule has 3 unspecified atom stereocenters. The standard InChI is InChI=1S/C14H27N3O.ClH/c1-10(2)8-16-14(18)11(3)17-7-5-13-12(9-17)4-6-15-13;/h10-13,15H,4-9H2,1-3H3,(H,16,18);1H. The molecule has 2 rings (SSSR count). The van der Waals surface area contributed by atoms with E-state index in [1.165, 1.54) is 12.8 Å². The van der Waals surface area contributed by atoms with Crippen LogP contribution in [0.2, 0.25) is 0 Å². The van der Waals surface area contributed by atoms with Crippen molar-refractivity contribution in [1.29, 1.82) is 0 Å². The van der Waals surface area contributed by atoms with Gasteiger partial charge in [-0.25, -0.2) is 0 Å². The number of nitrogens with one attached hydrogen (secondary N) is 2. The molecular weight excluding hydrogens is 262 g/mol. The van der Waals surface area contributed by atoms with Crippen molar-refractivity contribution in [3.05, 3.63) is 0 Å². The first-order valence-corrected chi connectivity index (χ1v) is 7.33. The summed E-state index contributed by atoms with van der Waals surface area (Å²) in [6.07, 6.45) is 2.45. The minimum atomic E-state index is 0. The molecule has 0 saturated carbocycles. The van der Waals surface area contributed by atoms with Crippen molar-refractivity contribution in [2.24, 2.45) is 11.8 Å². The van der Waals surface area contributed by atoms with Gasteiger partial charge in [0.2, 0.25) is 5.91 Å². The molecule has 0 radical (unpaired) electrons. The molecule has 0 aliphatic carbocycles. The van der Waals surface area contributed by atoms with E-state index in [1.807, 2.05) is 6.92 Å². The summed E-state index contributed by atoms with van der Waals surface area (Å²) in [5.41, 5.74) is 0. The maximum Gasteiger partial charge on any atom is 0.237 e. The van der Waals surface area contributed by atoms with Gasteiger partial charge in [0.15, 0.2) is 0 Å². The zero-order valence-electron chi connectivity index (χ0n) is 12.3. The van der Waals surface area contributed by atoms with Crippen molar-refractivity contribution >= 4 is 18.3 Å². The Bertz CT molecular complexity index is 298. The van der Waals surface area contributed by atoms with Crippen LogP contribution in [0, 0.1) is 11.8 Å². The fraction of sp³-hybridized carbons (Fsp3) is 0.929. The predicted octanol–water partition coefficient (Wildman–Crippen LogP) is 1.25. The Labute approximate surface area is 123 Å². The van der Waals surface area contributed by atoms with Crippen LogP contribution in [0.15, 0.2) is 0 Å². The van der Waals surface area contributed by atoms with Crippen molar-refractivity contribution < 1.29 is 4.79 Å². The molecular formula is C14H28ClN3O. The van der Waals surface area contributed by atoms with E-state index in [4.69, 9.17) is 0 Å². The lowest BCUT2D eigenvalue weighted by atomic mass is 9.92. The van der Waals surface area contributed by atoms with E-state index in [0.717, 1.165) is 32.1 Å². The van der Waals surface area contributed by atoms with Gasteiger partial charge in [-0.05, 0) is 38.1 Å². The number of hydrogen-bond donors (Lipinski definition) is 2. The molecule has 1 amide bonds. The quantitative estimate of drug-likeness (QED) is 0.819. The molecule has 2 heterocycles. The number of carbonyl (C=O) groups is 1. The number of piperidine rings is 1. The number of fused-ring (bicyclic) bond motifs is 1. The number of rotatable bonds is 4. The molecule has 0 aromatic heterocycles. The summed E-state index contributed by atoms with van der Waals surface area (Å²) in [6.45, 7) is 10.3. The van der Waals surface area contributed by atoms with E-state index < -0.39 is 0 Å². The summed E-state index contributed by atoms with van der Waals surface area (Å²) in [4.78, 5) is 14.4. The first kappa shape index (κ1) is 16.7. The van der Waals surface area contributed by atoms with E-state index in [9.17, 15) is 4.79 Å². The summed E-state index contributed by atoms with van der Waals surface area (Å²) in [6, 6.07) is 0.720. The number of amides is 1. The van der Waals surface area contributed by atoms with Gasteiger partial charge in [-0.15, -0.1) is 12.4 Å². The van der Waals surface area contributed by atoms with Crippen molar-refractivity contribution in [2.75, 3.05) is 26.2 Å². The van der Waals surface area contributed by atoms with Crippen molar-refractivity contribution in [1.82, 2.24) is 15.5 Å². The number of halogens is 1. The van der Waals surface area contributed by atoms with Crippen molar-refractivity contribution in [3.8, 4) is 0 Å². The lowest BCUT2D eigenvalue weighted by Crippen LogP contribution is -2.52. The summed E-state index contributed by atoms with van der Waals surface area (Å²) < 4.78 is 0. The Morgan fingerprint density at radius 1 is 1.37 bits per heavy atom. The van der Waals surface area contributed by atoms with Crippen LogP contribution in [0.3, 0.4) is 0 Å². The van der Waals surface area contributed by atoms with Crippen LogP contribution >= 0.6 is 12.4 Å². The molecule has 2 fully saturated rings. The van der Waals surface area contributed by atoms with E-state index in [-0.39, 0.29) is 24.4 Å². The van der Waals surface area contributed by atoms with Crippen LogP contribution in [0.1, 0.15) is 33.6 Å². The third kappa shape index (κ3) is 4.33. The van der Waals surface area contributed by atoms with Gasteiger partial charge in [0.1, 0.15) is 0 Å². The number of nitrogens with zero attached hydrogens (tertiary/aromatic N) is 1. The first-order valence-electron chi connectivity index (χ1n) is 7.33. The van der Waals surface area contributed by atoms with Gasteiger partial charge in [0.25, 0.3) is 0 Å². The fourth-order valence-corrected chi connectivity index (χ4v) is 3.05. The number of likely N-dealkylation sites (tertiary alicyclic amines) is 1. The van der Waals surface area contributed by atoms with Gasteiger partial charge in [-0.3, -0.25) is 9.69 Å². The lowest BCUT2D eigenvalue weighted by Gasteiger charge is -2.37. The van der Waals surface area contributed by atoms with Crippen molar-refractivity contribution in [3.63, 3.8) is 0 Å². The summed E-state index contributed by atoms with van der Waals surface area (Å²) >= 11 is 0. The third-order valence-corrected chi connectivity index (χ3v) is 4.30. The largest absolute Gasteiger partial charge is 0.354 e. The molecule has 5 heteroatoms. The van der Waals surface area contributed by atoms with Crippen LogP contribution in [-0.4, -0.2) is 49.1 Å². The second kappa shape index (κ2) is 7.46. The second-order valence-corrected chi connectivity index (χ2v) is 6.21. The third-order valence-electron chi connectivity index (χ3n) is 4.30. The molecule has 4 nitrogen and oxygen atoms in total. The molecule has 0 bridgehead atoms. The van der Waals surface area contributed by atoms with Crippen LogP contribution in [0.25, 0.3) is 0 Å². The van der Waals surface area contributed by atoms with Gasteiger partial charge in [-0.1, -0.05) is 13.8 Å². The van der Waals surface area contributed by atoms with Crippen LogP contribution < -0.4 is 10.6 Å². The van der Waals surface area contributed by atoms with Gasteiger partial charge < -0.3 is 10.6 Å². The zero-order valence-corrected chi connectivity index (χ0v) is 13.1. The average molecular weight is 290 g/mol. The van der Waals surface area contributed by atoms with Gasteiger partial charge in [-0.2, -0.15) is 0 Å². The molecule has 2 saturated heterocycles. The molecule has 2 N–H and O–H groups in total. The molecule has 112 valence electrons. The zero-order chi connectivity index (χ0) is 13.1. The number of carbonyl (C=O) groups excluding carboxylic acids is 1. The normalized spacial score (nSPS) is 28.6. The Morgan fingerprint density at radius 3 is 2.79 bits per heavy atom. The smallest absolute Gasteiger partial charge is 0.237 e. The summed E-state index contributed by atoms with van der Waals surface area (Å²) in [5.74, 6) is 1.46. The molecule has 0 spiro atoms. The van der Waals surface area contributed by atoms with E-state index >= 15 is 0 Å². The van der Waals surface area contributed by atoms with E-state index in [1.54, 1.807) is 0 Å². The highest BCUT2D eigenvalue weighted by molar-refractivity contribution is 5.85. The first-order chi connectivity index (χ1) is 8.58. The SMILES string of the molecule is CC(C)CNC(=O)C(C)N1CCC2NCCC2C1.Cl. The summed E-state index contributed by atoms with van der Waals surface area (Å²) in [5, 5.41) is 6.60. The monoisotopic (exact) mass is 289 g/mol. The Kier molecular flexibility index (Phi) is 6.57. The van der Waals surface area contributed by atoms with Crippen LogP contribution in [-0.2, 0) is 4.79 Å². The molecule has 3 atom stereocenters. The Balaban J connectivity index is 0.00000180. The highest BCUT2D eigenvalue weighted by Crippen LogP contribution is 2.25. The molecule has 2 aliphatic heterocycles. The molecule has 0 aromatic rings. The highest BCUT2D eigenvalue weighted by Gasteiger charge is 2.35. The molecule has 19 heavy (non-hydrogen) atoms. The van der Waals surface area contributed by atoms with Gasteiger partial charge in [0, 0.05) is 25.7 Å². The van der Waals surface area contributed by atoms with E-state index in [2.05, 4.69) is 29.4 Å². The van der Waals surface area contributed by atoms with Crippen LogP contribution in [0.5, 0.6) is 0 Å². The average Bonchev–Trinajstić information content (AvgIpc) is 2.81. The van der Waals surface area contributed by atoms with Gasteiger partial charge >= 0.3 is 0 Å². The van der Waals surface area contributed by atoms with E-state index in [0.29, 0.717) is 12.0 Å². The molecule has 2 aliphatic rings. The fourth-order valence-electron chi connectivity index (χ4n) is 3.05. The Hall–Kier alpha value is -0.320. The van der Waals surface area contributed by atoms with Crippen LogP contribution in [0.4, 0.5) is 0 Å². The summed E-state index contributed by atoms with van der Waals surface area (Å²) in [7, 11) is 0. The maximum absolute atomic E-state index is 12.1. The lowest BCUT2D eigenvalue weighted by molar-refractivity contribution is -0.126. The highest BCUT2D eigenvalue weighted by atomic mass is 35.5. The van der Waals surface area contributed by atoms with Gasteiger partial charge in [0.05, 0.1) is 6.04 Å². The van der Waals surface area contributed by atoms with Crippen molar-refractivity contribution in [2.45, 2.75) is 45.7 Å². The topological polar surface area (TPSA) is 44.4 Å². The maximum atomic E-state index is 12.1. The molecule has 0 aromatic carbocycles. The number of hydrogen-bond acceptors (Lipinski definition) is 3. The Morgan fingerprint density at radius 2 is 2.11 bits per heavy atom. The minimum Gasteiger partial charge on any atom is -0.354 e. The minimum absolute atomic E-state index is 0.